The van der Waals surface area contributed by atoms with Gasteiger partial charge in [-0.15, -0.1) is 0 Å². The molecular formula is C11H18BrN3. The van der Waals surface area contributed by atoms with Crippen LogP contribution in [0.25, 0.3) is 0 Å². The van der Waals surface area contributed by atoms with Crippen LogP contribution in [0.2, 0.25) is 0 Å². The molecule has 0 aliphatic carbocycles. The summed E-state index contributed by atoms with van der Waals surface area (Å²) >= 11 is 3.48. The van der Waals surface area contributed by atoms with Crippen molar-refractivity contribution in [2.24, 2.45) is 0 Å². The quantitative estimate of drug-likeness (QED) is 0.746. The van der Waals surface area contributed by atoms with Crippen LogP contribution in [0.15, 0.2) is 18.6 Å². The van der Waals surface area contributed by atoms with Crippen molar-refractivity contribution in [3.8, 4) is 0 Å². The van der Waals surface area contributed by atoms with E-state index in [4.69, 9.17) is 0 Å². The second-order valence-corrected chi connectivity index (χ2v) is 4.21. The highest BCUT2D eigenvalue weighted by Crippen LogP contribution is 2.16. The molecule has 84 valence electrons. The van der Waals surface area contributed by atoms with E-state index in [1.807, 2.05) is 6.20 Å². The Morgan fingerprint density at radius 3 is 2.53 bits per heavy atom. The van der Waals surface area contributed by atoms with E-state index in [1.165, 1.54) is 0 Å². The Kier molecular flexibility index (Phi) is 5.61. The summed E-state index contributed by atoms with van der Waals surface area (Å²) in [7, 11) is 0. The van der Waals surface area contributed by atoms with Gasteiger partial charge in [0.2, 0.25) is 0 Å². The third-order valence-corrected chi connectivity index (χ3v) is 2.91. The molecule has 0 bridgehead atoms. The van der Waals surface area contributed by atoms with Crippen molar-refractivity contribution in [3.63, 3.8) is 0 Å². The minimum atomic E-state index is 0.555. The second kappa shape index (κ2) is 6.77. The molecule has 0 aliphatic rings. The van der Waals surface area contributed by atoms with Gasteiger partial charge in [-0.05, 0) is 12.8 Å². The normalized spacial score (nSPS) is 10.7. The van der Waals surface area contributed by atoms with Gasteiger partial charge in [-0.1, -0.05) is 29.8 Å². The van der Waals surface area contributed by atoms with Gasteiger partial charge in [0.25, 0.3) is 0 Å². The lowest BCUT2D eigenvalue weighted by atomic mass is 10.1. The van der Waals surface area contributed by atoms with Gasteiger partial charge in [0.1, 0.15) is 5.82 Å². The fourth-order valence-corrected chi connectivity index (χ4v) is 2.13. The molecular weight excluding hydrogens is 254 g/mol. The fourth-order valence-electron chi connectivity index (χ4n) is 1.74. The van der Waals surface area contributed by atoms with Crippen molar-refractivity contribution in [3.05, 3.63) is 18.6 Å². The number of halogens is 1. The van der Waals surface area contributed by atoms with Gasteiger partial charge in [-0.3, -0.25) is 4.98 Å². The molecule has 0 saturated carbocycles. The average Bonchev–Trinajstić information content (AvgIpc) is 2.30. The van der Waals surface area contributed by atoms with Crippen LogP contribution < -0.4 is 4.90 Å². The molecule has 0 aliphatic heterocycles. The molecule has 1 rings (SSSR count). The first-order valence-electron chi connectivity index (χ1n) is 5.42. The molecule has 1 aromatic rings. The first-order valence-corrected chi connectivity index (χ1v) is 6.54. The van der Waals surface area contributed by atoms with Gasteiger partial charge in [-0.2, -0.15) is 0 Å². The molecule has 0 spiro atoms. The fraction of sp³-hybridized carbons (Fsp3) is 0.636. The third-order valence-electron chi connectivity index (χ3n) is 2.55. The Balaban J connectivity index is 2.81. The Hall–Kier alpha value is -0.640. The van der Waals surface area contributed by atoms with Crippen molar-refractivity contribution < 1.29 is 0 Å². The Bertz CT molecular complexity index is 262. The molecule has 0 atom stereocenters. The zero-order valence-corrected chi connectivity index (χ0v) is 10.9. The van der Waals surface area contributed by atoms with E-state index < -0.39 is 0 Å². The zero-order valence-electron chi connectivity index (χ0n) is 9.36. The molecule has 1 heterocycles. The summed E-state index contributed by atoms with van der Waals surface area (Å²) in [6, 6.07) is 0.555. The number of nitrogens with zero attached hydrogens (tertiary/aromatic N) is 3. The molecule has 0 fully saturated rings. The molecule has 0 amide bonds. The largest absolute Gasteiger partial charge is 0.352 e. The highest BCUT2D eigenvalue weighted by molar-refractivity contribution is 9.09. The van der Waals surface area contributed by atoms with Gasteiger partial charge >= 0.3 is 0 Å². The van der Waals surface area contributed by atoms with E-state index >= 15 is 0 Å². The topological polar surface area (TPSA) is 29.0 Å². The molecule has 15 heavy (non-hydrogen) atoms. The number of hydrogen-bond donors (Lipinski definition) is 0. The van der Waals surface area contributed by atoms with Gasteiger partial charge in [0.05, 0.1) is 6.20 Å². The molecule has 4 heteroatoms. The van der Waals surface area contributed by atoms with E-state index in [0.717, 1.165) is 30.5 Å². The summed E-state index contributed by atoms with van der Waals surface area (Å²) in [6.07, 6.45) is 7.57. The highest BCUT2D eigenvalue weighted by Gasteiger charge is 2.15. The van der Waals surface area contributed by atoms with Crippen molar-refractivity contribution in [2.45, 2.75) is 32.7 Å². The van der Waals surface area contributed by atoms with E-state index in [2.05, 4.69) is 44.6 Å². The zero-order chi connectivity index (χ0) is 11.1. The monoisotopic (exact) mass is 271 g/mol. The smallest absolute Gasteiger partial charge is 0.147 e. The van der Waals surface area contributed by atoms with Crippen LogP contribution in [0.3, 0.4) is 0 Å². The molecule has 3 nitrogen and oxygen atoms in total. The average molecular weight is 272 g/mol. The van der Waals surface area contributed by atoms with E-state index in [-0.39, 0.29) is 0 Å². The molecule has 0 N–H and O–H groups in total. The van der Waals surface area contributed by atoms with Gasteiger partial charge < -0.3 is 4.90 Å². The van der Waals surface area contributed by atoms with Crippen LogP contribution in [-0.4, -0.2) is 27.9 Å². The van der Waals surface area contributed by atoms with Gasteiger partial charge in [0, 0.05) is 30.3 Å². The maximum absolute atomic E-state index is 4.36. The van der Waals surface area contributed by atoms with Crippen LogP contribution in [-0.2, 0) is 0 Å². The molecule has 1 aromatic heterocycles. The Morgan fingerprint density at radius 1 is 1.33 bits per heavy atom. The number of alkyl halides is 1. The minimum Gasteiger partial charge on any atom is -0.352 e. The summed E-state index contributed by atoms with van der Waals surface area (Å²) in [5.74, 6) is 0.977. The lowest BCUT2D eigenvalue weighted by Crippen LogP contribution is -2.36. The second-order valence-electron chi connectivity index (χ2n) is 3.42. The van der Waals surface area contributed by atoms with Crippen molar-refractivity contribution in [2.75, 3.05) is 16.8 Å². The van der Waals surface area contributed by atoms with E-state index in [0.29, 0.717) is 6.04 Å². The number of anilines is 1. The minimum absolute atomic E-state index is 0.555. The van der Waals surface area contributed by atoms with Crippen LogP contribution in [0.4, 0.5) is 5.82 Å². The van der Waals surface area contributed by atoms with E-state index in [9.17, 15) is 0 Å². The molecule has 0 unspecified atom stereocenters. The maximum Gasteiger partial charge on any atom is 0.147 e. The van der Waals surface area contributed by atoms with Crippen molar-refractivity contribution in [1.29, 1.82) is 0 Å². The lowest BCUT2D eigenvalue weighted by molar-refractivity contribution is 0.563. The van der Waals surface area contributed by atoms with E-state index in [1.54, 1.807) is 12.4 Å². The standard InChI is InChI=1S/C11H18BrN3/c1-3-10(4-2)15(8-5-12)11-9-13-6-7-14-11/h6-7,9-10H,3-5,8H2,1-2H3. The lowest BCUT2D eigenvalue weighted by Gasteiger charge is -2.30. The highest BCUT2D eigenvalue weighted by atomic mass is 79.9. The molecule has 0 saturated heterocycles. The van der Waals surface area contributed by atoms with Crippen LogP contribution >= 0.6 is 15.9 Å². The van der Waals surface area contributed by atoms with Crippen LogP contribution in [0.5, 0.6) is 0 Å². The van der Waals surface area contributed by atoms with Gasteiger partial charge in [0.15, 0.2) is 0 Å². The number of aromatic nitrogens is 2. The summed E-state index contributed by atoms with van der Waals surface area (Å²) in [6.45, 7) is 5.41. The first-order chi connectivity index (χ1) is 7.33. The van der Waals surface area contributed by atoms with Crippen LogP contribution in [0, 0.1) is 0 Å². The molecule has 0 radical (unpaired) electrons. The van der Waals surface area contributed by atoms with Crippen LogP contribution in [0.1, 0.15) is 26.7 Å². The molecule has 0 aromatic carbocycles. The summed E-state index contributed by atoms with van der Waals surface area (Å²) < 4.78 is 0. The summed E-state index contributed by atoms with van der Waals surface area (Å²) in [5, 5.41) is 0.958. The van der Waals surface area contributed by atoms with Crippen molar-refractivity contribution >= 4 is 21.7 Å². The maximum atomic E-state index is 4.36. The summed E-state index contributed by atoms with van der Waals surface area (Å²) in [5.41, 5.74) is 0. The summed E-state index contributed by atoms with van der Waals surface area (Å²) in [4.78, 5) is 10.8. The SMILES string of the molecule is CCC(CC)N(CCBr)c1cnccn1. The Labute approximate surface area is 100 Å². The Morgan fingerprint density at radius 2 is 2.07 bits per heavy atom. The number of hydrogen-bond acceptors (Lipinski definition) is 3. The van der Waals surface area contributed by atoms with Gasteiger partial charge in [-0.25, -0.2) is 4.98 Å². The predicted octanol–water partition coefficient (Wildman–Crippen LogP) is 2.87. The van der Waals surface area contributed by atoms with Crippen molar-refractivity contribution in [1.82, 2.24) is 9.97 Å². The number of rotatable bonds is 6. The third kappa shape index (κ3) is 3.45. The predicted molar refractivity (Wildman–Crippen MR) is 67.5 cm³/mol. The first kappa shape index (κ1) is 12.4.